The minimum Gasteiger partial charge on any atom is -0.503 e. The van der Waals surface area contributed by atoms with Gasteiger partial charge in [-0.05, 0) is 29.6 Å². The van der Waals surface area contributed by atoms with Gasteiger partial charge in [0.15, 0.2) is 11.5 Å². The lowest BCUT2D eigenvalue weighted by atomic mass is 9.94. The van der Waals surface area contributed by atoms with Crippen LogP contribution in [0.25, 0.3) is 11.0 Å². The molecule has 3 heterocycles. The Morgan fingerprint density at radius 3 is 2.61 bits per heavy atom. The van der Waals surface area contributed by atoms with Crippen LogP contribution in [-0.2, 0) is 11.3 Å². The van der Waals surface area contributed by atoms with Crippen LogP contribution in [-0.4, -0.2) is 21.7 Å². The van der Waals surface area contributed by atoms with Gasteiger partial charge in [-0.3, -0.25) is 9.59 Å². The SMILES string of the molecule is O=C(C1=C(O)C(=O)N(Cc2cccs2)C1c1ccccc1F)c1cc2ccccc2o1. The van der Waals surface area contributed by atoms with Crippen molar-refractivity contribution in [2.45, 2.75) is 12.6 Å². The number of Topliss-reactive ketones (excluding diaryl/α,β-unsaturated/α-hetero) is 1. The summed E-state index contributed by atoms with van der Waals surface area (Å²) in [6.45, 7) is 0.135. The lowest BCUT2D eigenvalue weighted by Crippen LogP contribution is -2.31. The van der Waals surface area contributed by atoms with E-state index in [1.807, 2.05) is 23.6 Å². The number of aliphatic hydroxyl groups is 1. The first-order chi connectivity index (χ1) is 15.0. The van der Waals surface area contributed by atoms with Crippen molar-refractivity contribution in [2.75, 3.05) is 0 Å². The number of nitrogens with zero attached hydrogens (tertiary/aromatic N) is 1. The molecule has 0 saturated heterocycles. The molecule has 0 spiro atoms. The smallest absolute Gasteiger partial charge is 0.290 e. The molecule has 4 aromatic rings. The Morgan fingerprint density at radius 1 is 1.10 bits per heavy atom. The summed E-state index contributed by atoms with van der Waals surface area (Å²) in [5, 5.41) is 13.3. The Labute approximate surface area is 180 Å². The molecule has 0 radical (unpaired) electrons. The first-order valence-corrected chi connectivity index (χ1v) is 10.5. The average Bonchev–Trinajstić information content (AvgIpc) is 3.49. The highest BCUT2D eigenvalue weighted by Gasteiger charge is 2.45. The van der Waals surface area contributed by atoms with Crippen LogP contribution in [0.2, 0.25) is 0 Å². The number of furan rings is 1. The van der Waals surface area contributed by atoms with Crippen molar-refractivity contribution in [3.8, 4) is 0 Å². The summed E-state index contributed by atoms with van der Waals surface area (Å²) >= 11 is 1.43. The number of amides is 1. The molecule has 0 aliphatic carbocycles. The lowest BCUT2D eigenvalue weighted by molar-refractivity contribution is -0.130. The van der Waals surface area contributed by atoms with Crippen molar-refractivity contribution in [1.82, 2.24) is 4.90 Å². The largest absolute Gasteiger partial charge is 0.503 e. The van der Waals surface area contributed by atoms with E-state index in [4.69, 9.17) is 4.42 Å². The number of hydrogen-bond donors (Lipinski definition) is 1. The topological polar surface area (TPSA) is 70.8 Å². The van der Waals surface area contributed by atoms with Crippen LogP contribution in [0.3, 0.4) is 0 Å². The summed E-state index contributed by atoms with van der Waals surface area (Å²) in [7, 11) is 0. The van der Waals surface area contributed by atoms with Crippen molar-refractivity contribution in [2.24, 2.45) is 0 Å². The van der Waals surface area contributed by atoms with Crippen LogP contribution in [0.1, 0.15) is 27.0 Å². The van der Waals surface area contributed by atoms with E-state index in [0.717, 1.165) is 4.88 Å². The van der Waals surface area contributed by atoms with Gasteiger partial charge in [-0.25, -0.2) is 4.39 Å². The molecule has 5 nitrogen and oxygen atoms in total. The van der Waals surface area contributed by atoms with Crippen LogP contribution in [0, 0.1) is 5.82 Å². The highest BCUT2D eigenvalue weighted by atomic mass is 32.1. The number of para-hydroxylation sites is 1. The van der Waals surface area contributed by atoms with E-state index in [9.17, 15) is 19.1 Å². The molecule has 0 fully saturated rings. The van der Waals surface area contributed by atoms with Gasteiger partial charge < -0.3 is 14.4 Å². The summed E-state index contributed by atoms with van der Waals surface area (Å²) in [5.41, 5.74) is 0.453. The van der Waals surface area contributed by atoms with Crippen LogP contribution in [0.15, 0.2) is 87.9 Å². The third-order valence-electron chi connectivity index (χ3n) is 5.30. The quantitative estimate of drug-likeness (QED) is 0.427. The number of benzene rings is 2. The highest BCUT2D eigenvalue weighted by molar-refractivity contribution is 7.09. The third-order valence-corrected chi connectivity index (χ3v) is 6.16. The monoisotopic (exact) mass is 433 g/mol. The Hall–Kier alpha value is -3.71. The minimum atomic E-state index is -1.07. The maximum absolute atomic E-state index is 14.8. The highest BCUT2D eigenvalue weighted by Crippen LogP contribution is 2.41. The summed E-state index contributed by atoms with van der Waals surface area (Å²) in [6, 6.07) is 17.2. The van der Waals surface area contributed by atoms with Gasteiger partial charge in [0.1, 0.15) is 11.4 Å². The molecule has 5 rings (SSSR count). The molecular weight excluding hydrogens is 417 g/mol. The van der Waals surface area contributed by atoms with Gasteiger partial charge in [0, 0.05) is 15.8 Å². The normalized spacial score (nSPS) is 16.5. The molecule has 1 aliphatic rings. The Bertz CT molecular complexity index is 1310. The number of thiophene rings is 1. The van der Waals surface area contributed by atoms with E-state index >= 15 is 0 Å². The van der Waals surface area contributed by atoms with Crippen molar-refractivity contribution >= 4 is 34.0 Å². The summed E-state index contributed by atoms with van der Waals surface area (Å²) in [5.74, 6) is -2.64. The number of halogens is 1. The van der Waals surface area contributed by atoms with Crippen LogP contribution >= 0.6 is 11.3 Å². The van der Waals surface area contributed by atoms with Gasteiger partial charge >= 0.3 is 0 Å². The molecule has 1 amide bonds. The van der Waals surface area contributed by atoms with E-state index in [2.05, 4.69) is 0 Å². The number of aliphatic hydroxyl groups excluding tert-OH is 1. The molecule has 1 N–H and O–H groups in total. The number of hydrogen-bond acceptors (Lipinski definition) is 5. The fourth-order valence-corrected chi connectivity index (χ4v) is 4.57. The molecule has 7 heteroatoms. The molecule has 1 aliphatic heterocycles. The van der Waals surface area contributed by atoms with Gasteiger partial charge in [-0.1, -0.05) is 42.5 Å². The molecule has 154 valence electrons. The maximum Gasteiger partial charge on any atom is 0.290 e. The second-order valence-electron chi connectivity index (χ2n) is 7.18. The summed E-state index contributed by atoms with van der Waals surface area (Å²) < 4.78 is 20.4. The van der Waals surface area contributed by atoms with E-state index < -0.39 is 29.3 Å². The molecule has 31 heavy (non-hydrogen) atoms. The lowest BCUT2D eigenvalue weighted by Gasteiger charge is -2.26. The standard InChI is InChI=1S/C24H16FNO4S/c25-17-9-3-2-8-16(17)21-20(22(27)19-12-14-6-1-4-10-18(14)30-19)23(28)24(29)26(21)13-15-7-5-11-31-15/h1-12,21,28H,13H2. The number of fused-ring (bicyclic) bond motifs is 1. The zero-order valence-corrected chi connectivity index (χ0v) is 16.9. The number of ketones is 1. The molecule has 2 aromatic heterocycles. The van der Waals surface area contributed by atoms with Gasteiger partial charge in [-0.2, -0.15) is 0 Å². The first kappa shape index (κ1) is 19.3. The number of carbonyl (C=O) groups excluding carboxylic acids is 2. The molecule has 1 atom stereocenters. The van der Waals surface area contributed by atoms with Crippen LogP contribution < -0.4 is 0 Å². The van der Waals surface area contributed by atoms with Crippen LogP contribution in [0.5, 0.6) is 0 Å². The minimum absolute atomic E-state index is 0.0186. The zero-order chi connectivity index (χ0) is 21.5. The predicted octanol–water partition coefficient (Wildman–Crippen LogP) is 5.41. The van der Waals surface area contributed by atoms with Crippen molar-refractivity contribution < 1.29 is 23.5 Å². The number of carbonyl (C=O) groups is 2. The third kappa shape index (κ3) is 3.23. The van der Waals surface area contributed by atoms with Crippen LogP contribution in [0.4, 0.5) is 4.39 Å². The van der Waals surface area contributed by atoms with Gasteiger partial charge in [0.2, 0.25) is 5.78 Å². The molecular formula is C24H16FNO4S. The Kier molecular flexibility index (Phi) is 4.67. The predicted molar refractivity (Wildman–Crippen MR) is 114 cm³/mol. The zero-order valence-electron chi connectivity index (χ0n) is 16.1. The first-order valence-electron chi connectivity index (χ1n) is 9.59. The Morgan fingerprint density at radius 2 is 1.87 bits per heavy atom. The van der Waals surface area contributed by atoms with E-state index in [0.29, 0.717) is 11.0 Å². The van der Waals surface area contributed by atoms with Crippen molar-refractivity contribution in [3.05, 3.63) is 105 Å². The molecule has 0 bridgehead atoms. The average molecular weight is 433 g/mol. The molecule has 2 aromatic carbocycles. The van der Waals surface area contributed by atoms with E-state index in [1.165, 1.54) is 34.4 Å². The van der Waals surface area contributed by atoms with E-state index in [-0.39, 0.29) is 23.4 Å². The van der Waals surface area contributed by atoms with Gasteiger partial charge in [-0.15, -0.1) is 11.3 Å². The van der Waals surface area contributed by atoms with E-state index in [1.54, 1.807) is 30.3 Å². The molecule has 1 unspecified atom stereocenters. The maximum atomic E-state index is 14.8. The van der Waals surface area contributed by atoms with Crippen molar-refractivity contribution in [1.29, 1.82) is 0 Å². The van der Waals surface area contributed by atoms with Gasteiger partial charge in [0.05, 0.1) is 18.2 Å². The second-order valence-corrected chi connectivity index (χ2v) is 8.21. The Balaban J connectivity index is 1.63. The fraction of sp³-hybridized carbons (Fsp3) is 0.0833. The second kappa shape index (κ2) is 7.52. The summed E-state index contributed by atoms with van der Waals surface area (Å²) in [4.78, 5) is 28.5. The van der Waals surface area contributed by atoms with Crippen molar-refractivity contribution in [3.63, 3.8) is 0 Å². The molecule has 0 saturated carbocycles. The fourth-order valence-electron chi connectivity index (χ4n) is 3.87. The van der Waals surface area contributed by atoms with Gasteiger partial charge in [0.25, 0.3) is 5.91 Å². The summed E-state index contributed by atoms with van der Waals surface area (Å²) in [6.07, 6.45) is 0. The number of rotatable bonds is 5.